The fraction of sp³-hybridized carbons (Fsp3) is 0.443. The molecule has 0 saturated heterocycles. The molecule has 2 unspecified atom stereocenters. The van der Waals surface area contributed by atoms with Gasteiger partial charge in [0.15, 0.2) is 0 Å². The van der Waals surface area contributed by atoms with Crippen molar-refractivity contribution in [1.29, 1.82) is 0 Å². The Kier molecular flexibility index (Phi) is 8.94. The molecule has 2 atom stereocenters. The summed E-state index contributed by atoms with van der Waals surface area (Å²) in [7, 11) is 0. The van der Waals surface area contributed by atoms with Crippen molar-refractivity contribution in [2.45, 2.75) is 163 Å². The van der Waals surface area contributed by atoms with Crippen LogP contribution >= 0.6 is 0 Å². The minimum absolute atomic E-state index is 0.0363. The molecular formula is C61H71BN2. The fourth-order valence-corrected chi connectivity index (χ4v) is 12.4. The van der Waals surface area contributed by atoms with Gasteiger partial charge >= 0.3 is 0 Å². The highest BCUT2D eigenvalue weighted by Crippen LogP contribution is 2.58. The van der Waals surface area contributed by atoms with Crippen LogP contribution in [0.5, 0.6) is 0 Å². The third-order valence-corrected chi connectivity index (χ3v) is 16.7. The van der Waals surface area contributed by atoms with Crippen molar-refractivity contribution in [2.75, 3.05) is 9.80 Å². The van der Waals surface area contributed by atoms with E-state index in [0.717, 1.165) is 19.3 Å². The molecule has 5 aliphatic carbocycles. The van der Waals surface area contributed by atoms with Crippen molar-refractivity contribution in [3.8, 4) is 0 Å². The molecule has 3 heteroatoms. The number of hydrogen-bond donors (Lipinski definition) is 0. The van der Waals surface area contributed by atoms with Crippen LogP contribution in [0, 0.1) is 11.8 Å². The van der Waals surface area contributed by atoms with Gasteiger partial charge in [-0.15, -0.1) is 0 Å². The predicted octanol–water partition coefficient (Wildman–Crippen LogP) is 15.3. The van der Waals surface area contributed by atoms with Crippen LogP contribution in [0.3, 0.4) is 0 Å². The largest absolute Gasteiger partial charge is 0.314 e. The summed E-state index contributed by atoms with van der Waals surface area (Å²) in [5.41, 5.74) is 27.7. The molecule has 0 amide bonds. The van der Waals surface area contributed by atoms with Crippen molar-refractivity contribution in [1.82, 2.24) is 0 Å². The summed E-state index contributed by atoms with van der Waals surface area (Å²) in [4.78, 5) is 5.52. The van der Waals surface area contributed by atoms with Gasteiger partial charge in [0.05, 0.1) is 5.69 Å². The van der Waals surface area contributed by atoms with E-state index in [1.807, 2.05) is 0 Å². The average molecular weight is 843 g/mol. The van der Waals surface area contributed by atoms with Crippen LogP contribution in [-0.4, -0.2) is 6.71 Å². The van der Waals surface area contributed by atoms with Gasteiger partial charge in [0.25, 0.3) is 6.71 Å². The predicted molar refractivity (Wildman–Crippen MR) is 276 cm³/mol. The molecule has 1 saturated carbocycles. The van der Waals surface area contributed by atoms with E-state index in [2.05, 4.69) is 198 Å². The minimum Gasteiger partial charge on any atom is -0.314 e. The van der Waals surface area contributed by atoms with Crippen LogP contribution in [0.4, 0.5) is 28.4 Å². The number of fused-ring (bicyclic) bond motifs is 6. The van der Waals surface area contributed by atoms with Crippen LogP contribution in [0.1, 0.15) is 169 Å². The summed E-state index contributed by atoms with van der Waals surface area (Å²) < 4.78 is 0. The molecule has 1 fully saturated rings. The Morgan fingerprint density at radius 2 is 1.27 bits per heavy atom. The van der Waals surface area contributed by atoms with Gasteiger partial charge in [0.1, 0.15) is 0 Å². The number of hydrogen-bond acceptors (Lipinski definition) is 2. The lowest BCUT2D eigenvalue weighted by Crippen LogP contribution is -2.56. The second kappa shape index (κ2) is 13.7. The van der Waals surface area contributed by atoms with E-state index in [1.165, 1.54) is 109 Å². The van der Waals surface area contributed by atoms with Crippen molar-refractivity contribution in [3.05, 3.63) is 152 Å². The van der Waals surface area contributed by atoms with Crippen molar-refractivity contribution in [3.63, 3.8) is 0 Å². The zero-order valence-electron chi connectivity index (χ0n) is 41.5. The highest BCUT2D eigenvalue weighted by Gasteiger charge is 2.51. The summed E-state index contributed by atoms with van der Waals surface area (Å²) in [5.74, 6) is 1.25. The molecule has 64 heavy (non-hydrogen) atoms. The van der Waals surface area contributed by atoms with Gasteiger partial charge in [-0.25, -0.2) is 0 Å². The van der Waals surface area contributed by atoms with Crippen molar-refractivity contribution in [2.24, 2.45) is 11.8 Å². The van der Waals surface area contributed by atoms with Crippen LogP contribution in [0.25, 0.3) is 5.57 Å². The third-order valence-electron chi connectivity index (χ3n) is 16.7. The summed E-state index contributed by atoms with van der Waals surface area (Å²) in [6.45, 7) is 33.9. The topological polar surface area (TPSA) is 6.48 Å². The molecule has 2 aliphatic heterocycles. The lowest BCUT2D eigenvalue weighted by Gasteiger charge is -2.48. The molecule has 0 spiro atoms. The van der Waals surface area contributed by atoms with Crippen molar-refractivity contribution >= 4 is 51.6 Å². The summed E-state index contributed by atoms with van der Waals surface area (Å²) >= 11 is 0. The number of benzene rings is 4. The van der Waals surface area contributed by atoms with Gasteiger partial charge in [-0.1, -0.05) is 150 Å². The van der Waals surface area contributed by atoms with Crippen molar-refractivity contribution < 1.29 is 0 Å². The van der Waals surface area contributed by atoms with Crippen LogP contribution < -0.4 is 20.7 Å². The van der Waals surface area contributed by atoms with E-state index >= 15 is 0 Å². The summed E-state index contributed by atoms with van der Waals surface area (Å²) in [6.07, 6.45) is 16.8. The number of anilines is 5. The highest BCUT2D eigenvalue weighted by atomic mass is 15.2. The smallest absolute Gasteiger partial charge is 0.252 e. The van der Waals surface area contributed by atoms with Gasteiger partial charge in [-0.2, -0.15) is 0 Å². The third kappa shape index (κ3) is 6.40. The number of rotatable bonds is 3. The lowest BCUT2D eigenvalue weighted by molar-refractivity contribution is 0.332. The van der Waals surface area contributed by atoms with E-state index in [0.29, 0.717) is 11.8 Å². The second-order valence-corrected chi connectivity index (χ2v) is 25.3. The van der Waals surface area contributed by atoms with Gasteiger partial charge < -0.3 is 9.80 Å². The van der Waals surface area contributed by atoms with Gasteiger partial charge in [-0.05, 0) is 176 Å². The zero-order chi connectivity index (χ0) is 45.2. The molecule has 2 nitrogen and oxygen atoms in total. The maximum Gasteiger partial charge on any atom is 0.252 e. The van der Waals surface area contributed by atoms with Crippen LogP contribution in [-0.2, 0) is 27.1 Å². The molecule has 2 heterocycles. The molecule has 4 aromatic rings. The average Bonchev–Trinajstić information content (AvgIpc) is 3.94. The first-order valence-electron chi connectivity index (χ1n) is 24.8. The van der Waals surface area contributed by atoms with Crippen LogP contribution in [0.2, 0.25) is 0 Å². The molecule has 0 N–H and O–H groups in total. The van der Waals surface area contributed by atoms with E-state index in [1.54, 1.807) is 16.6 Å². The molecule has 0 radical (unpaired) electrons. The van der Waals surface area contributed by atoms with E-state index in [-0.39, 0.29) is 33.8 Å². The Balaban J connectivity index is 1.27. The number of allylic oxidation sites excluding steroid dienone is 9. The second-order valence-electron chi connectivity index (χ2n) is 25.3. The highest BCUT2D eigenvalue weighted by molar-refractivity contribution is 6.96. The Bertz CT molecular complexity index is 2850. The molecule has 0 bridgehead atoms. The maximum atomic E-state index is 2.82. The molecule has 328 valence electrons. The lowest BCUT2D eigenvalue weighted by atomic mass is 9.31. The Morgan fingerprint density at radius 3 is 1.92 bits per heavy atom. The minimum atomic E-state index is -0.0743. The fourth-order valence-electron chi connectivity index (χ4n) is 12.4. The van der Waals surface area contributed by atoms with E-state index in [9.17, 15) is 0 Å². The normalized spacial score (nSPS) is 22.6. The summed E-state index contributed by atoms with van der Waals surface area (Å²) in [5, 5.41) is 0. The van der Waals surface area contributed by atoms with E-state index in [4.69, 9.17) is 0 Å². The molecule has 11 rings (SSSR count). The molecule has 7 aliphatic rings. The quantitative estimate of drug-likeness (QED) is 0.190. The molecule has 4 aromatic carbocycles. The Hall–Kier alpha value is -4.76. The van der Waals surface area contributed by atoms with Gasteiger partial charge in [-0.3, -0.25) is 0 Å². The summed E-state index contributed by atoms with van der Waals surface area (Å²) in [6, 6.07) is 27.8. The van der Waals surface area contributed by atoms with Crippen LogP contribution in [0.15, 0.2) is 119 Å². The van der Waals surface area contributed by atoms with Gasteiger partial charge in [0.2, 0.25) is 0 Å². The number of nitrogens with zero attached hydrogens (tertiary/aromatic N) is 2. The SMILES string of the molecule is CC1=CC2=C(CC1)CC1=C2B2c3cc4c(cc3N(c3ccc(C(C)(C)C)cc3)c3cc(C(C)(C)C)cc(c32)N1c1ccc(C(C)(C)C)cc1C1=CC=CC2CC12)C(C)(C)CCC4(C)C. The van der Waals surface area contributed by atoms with Gasteiger partial charge in [0, 0.05) is 40.4 Å². The Morgan fingerprint density at radius 1 is 0.641 bits per heavy atom. The molecular weight excluding hydrogens is 771 g/mol. The first kappa shape index (κ1) is 41.9. The zero-order valence-corrected chi connectivity index (χ0v) is 41.5. The monoisotopic (exact) mass is 843 g/mol. The maximum absolute atomic E-state index is 2.82. The first-order chi connectivity index (χ1) is 30.0. The molecule has 0 aromatic heterocycles. The standard InChI is InChI=1S/C61H71BN2/c1-36-18-19-38-30-52-55(45(38)28-36)62-49-34-47-48(61(13,14)27-26-60(47,11)12)35-51(49)63(42-23-20-39(21-24-42)57(2,3)4)53-32-41(59(8,9)10)33-54(56(53)62)64(52)50-25-22-40(58(5,6)7)31-46(50)43-17-15-16-37-29-44(37)43/h15-17,20-25,28,31-35,37,44H,18-19,26-27,29-30H2,1-14H3. The first-order valence-corrected chi connectivity index (χ1v) is 24.8. The van der Waals surface area contributed by atoms with E-state index < -0.39 is 0 Å². The Labute approximate surface area is 386 Å².